The van der Waals surface area contributed by atoms with E-state index in [9.17, 15) is 9.18 Å². The van der Waals surface area contributed by atoms with E-state index in [0.29, 0.717) is 32.0 Å². The summed E-state index contributed by atoms with van der Waals surface area (Å²) < 4.78 is 13.9. The van der Waals surface area contributed by atoms with Gasteiger partial charge in [0.05, 0.1) is 11.6 Å². The van der Waals surface area contributed by atoms with Crippen LogP contribution in [-0.2, 0) is 11.2 Å². The van der Waals surface area contributed by atoms with E-state index < -0.39 is 0 Å². The molecule has 2 aliphatic rings. The lowest BCUT2D eigenvalue weighted by molar-refractivity contribution is -0.133. The van der Waals surface area contributed by atoms with Gasteiger partial charge in [-0.1, -0.05) is 6.07 Å². The van der Waals surface area contributed by atoms with Crippen LogP contribution in [-0.4, -0.2) is 47.0 Å². The number of hydrogen-bond donors (Lipinski definition) is 0. The van der Waals surface area contributed by atoms with Gasteiger partial charge in [-0.3, -0.25) is 9.78 Å². The van der Waals surface area contributed by atoms with E-state index >= 15 is 0 Å². The molecule has 1 saturated heterocycles. The normalized spacial score (nSPS) is 20.3. The van der Waals surface area contributed by atoms with Gasteiger partial charge in [-0.2, -0.15) is 0 Å². The molecule has 1 aliphatic carbocycles. The monoisotopic (exact) mass is 340 g/mol. The second-order valence-electron chi connectivity index (χ2n) is 6.61. The molecule has 2 aromatic heterocycles. The number of nitrogens with zero attached hydrogens (tertiary/aromatic N) is 4. The molecule has 1 fully saturated rings. The van der Waals surface area contributed by atoms with Crippen molar-refractivity contribution in [3.8, 4) is 0 Å². The maximum Gasteiger partial charge on any atom is 0.231 e. The van der Waals surface area contributed by atoms with E-state index in [-0.39, 0.29) is 17.6 Å². The number of halogens is 1. The molecule has 0 unspecified atom stereocenters. The van der Waals surface area contributed by atoms with Crippen LogP contribution >= 0.6 is 0 Å². The number of amides is 1. The third-order valence-corrected chi connectivity index (χ3v) is 5.12. The summed E-state index contributed by atoms with van der Waals surface area (Å²) in [5, 5.41) is 0. The Labute approximate surface area is 146 Å². The molecule has 4 rings (SSSR count). The quantitative estimate of drug-likeness (QED) is 0.842. The lowest BCUT2D eigenvalue weighted by Gasteiger charge is -2.37. The molecule has 0 bridgehead atoms. The lowest BCUT2D eigenvalue weighted by atomic mass is 9.85. The third kappa shape index (κ3) is 3.08. The number of aryl methyl sites for hydroxylation is 1. The maximum atomic E-state index is 13.9. The zero-order valence-corrected chi connectivity index (χ0v) is 14.1. The summed E-state index contributed by atoms with van der Waals surface area (Å²) in [6.07, 6.45) is 6.25. The first-order valence-electron chi connectivity index (χ1n) is 8.82. The highest BCUT2D eigenvalue weighted by molar-refractivity contribution is 5.84. The van der Waals surface area contributed by atoms with E-state index in [1.54, 1.807) is 18.5 Å². The molecule has 1 atom stereocenters. The van der Waals surface area contributed by atoms with Crippen molar-refractivity contribution in [1.82, 2.24) is 14.9 Å². The minimum atomic E-state index is -0.312. The van der Waals surface area contributed by atoms with Crippen LogP contribution in [0.4, 0.5) is 10.2 Å². The van der Waals surface area contributed by atoms with Crippen LogP contribution in [0.2, 0.25) is 0 Å². The first-order chi connectivity index (χ1) is 12.2. The molecule has 1 amide bonds. The van der Waals surface area contributed by atoms with Gasteiger partial charge < -0.3 is 9.80 Å². The molecule has 0 radical (unpaired) electrons. The van der Waals surface area contributed by atoms with E-state index in [0.717, 1.165) is 25.0 Å². The lowest BCUT2D eigenvalue weighted by Crippen LogP contribution is -2.50. The Morgan fingerprint density at radius 2 is 1.84 bits per heavy atom. The molecule has 0 saturated carbocycles. The standard InChI is InChI=1S/C19H21FN4O/c20-16-7-3-9-22-18(16)23-10-12-24(13-11-23)19(25)15-6-1-4-14-5-2-8-21-17(14)15/h2-3,5,7-9,15H,1,4,6,10-13H2/t15-/m0/s1. The van der Waals surface area contributed by atoms with Gasteiger partial charge in [0.25, 0.3) is 0 Å². The number of fused-ring (bicyclic) bond motifs is 1. The van der Waals surface area contributed by atoms with Crippen molar-refractivity contribution < 1.29 is 9.18 Å². The number of hydrogen-bond acceptors (Lipinski definition) is 4. The van der Waals surface area contributed by atoms with Crippen molar-refractivity contribution in [2.75, 3.05) is 31.1 Å². The second-order valence-corrected chi connectivity index (χ2v) is 6.61. The van der Waals surface area contributed by atoms with Gasteiger partial charge in [0, 0.05) is 38.6 Å². The van der Waals surface area contributed by atoms with Crippen LogP contribution in [0.25, 0.3) is 0 Å². The highest BCUT2D eigenvalue weighted by Crippen LogP contribution is 2.31. The van der Waals surface area contributed by atoms with Crippen molar-refractivity contribution in [3.63, 3.8) is 0 Å². The Morgan fingerprint density at radius 3 is 2.64 bits per heavy atom. The van der Waals surface area contributed by atoms with Gasteiger partial charge in [0.15, 0.2) is 11.6 Å². The van der Waals surface area contributed by atoms with Crippen LogP contribution in [0.5, 0.6) is 0 Å². The van der Waals surface area contributed by atoms with Crippen LogP contribution in [0.1, 0.15) is 30.0 Å². The Bertz CT molecular complexity index is 774. The number of carbonyl (C=O) groups is 1. The first kappa shape index (κ1) is 16.0. The SMILES string of the molecule is O=C([C@H]1CCCc2cccnc21)N1CCN(c2ncccc2F)CC1. The predicted molar refractivity (Wildman–Crippen MR) is 92.9 cm³/mol. The first-order valence-corrected chi connectivity index (χ1v) is 8.82. The molecule has 3 heterocycles. The fraction of sp³-hybridized carbons (Fsp3) is 0.421. The second kappa shape index (κ2) is 6.78. The van der Waals surface area contributed by atoms with Crippen LogP contribution < -0.4 is 4.90 Å². The minimum absolute atomic E-state index is 0.136. The highest BCUT2D eigenvalue weighted by Gasteiger charge is 2.33. The summed E-state index contributed by atoms with van der Waals surface area (Å²) in [6.45, 7) is 2.38. The molecule has 2 aromatic rings. The molecular weight excluding hydrogens is 319 g/mol. The van der Waals surface area contributed by atoms with E-state index in [4.69, 9.17) is 0 Å². The van der Waals surface area contributed by atoms with Crippen molar-refractivity contribution >= 4 is 11.7 Å². The third-order valence-electron chi connectivity index (χ3n) is 5.12. The molecule has 1 aliphatic heterocycles. The average Bonchev–Trinajstić information content (AvgIpc) is 2.67. The Balaban J connectivity index is 1.45. The summed E-state index contributed by atoms with van der Waals surface area (Å²) in [5.41, 5.74) is 2.14. The molecule has 0 aromatic carbocycles. The largest absolute Gasteiger partial charge is 0.351 e. The molecule has 25 heavy (non-hydrogen) atoms. The number of piperazine rings is 1. The minimum Gasteiger partial charge on any atom is -0.351 e. The smallest absolute Gasteiger partial charge is 0.231 e. The zero-order chi connectivity index (χ0) is 17.2. The van der Waals surface area contributed by atoms with E-state index in [2.05, 4.69) is 16.0 Å². The predicted octanol–water partition coefficient (Wildman–Crippen LogP) is 2.38. The van der Waals surface area contributed by atoms with Crippen molar-refractivity contribution in [3.05, 3.63) is 53.7 Å². The van der Waals surface area contributed by atoms with Gasteiger partial charge in [-0.25, -0.2) is 9.37 Å². The Kier molecular flexibility index (Phi) is 4.34. The Morgan fingerprint density at radius 1 is 1.08 bits per heavy atom. The molecule has 0 N–H and O–H groups in total. The summed E-state index contributed by atoms with van der Waals surface area (Å²) >= 11 is 0. The van der Waals surface area contributed by atoms with Crippen molar-refractivity contribution in [2.45, 2.75) is 25.2 Å². The van der Waals surface area contributed by atoms with Crippen LogP contribution in [0.3, 0.4) is 0 Å². The number of aromatic nitrogens is 2. The number of anilines is 1. The zero-order valence-electron chi connectivity index (χ0n) is 14.1. The molecule has 0 spiro atoms. The molecule has 5 nitrogen and oxygen atoms in total. The van der Waals surface area contributed by atoms with Crippen molar-refractivity contribution in [2.24, 2.45) is 0 Å². The number of pyridine rings is 2. The fourth-order valence-electron chi connectivity index (χ4n) is 3.82. The summed E-state index contributed by atoms with van der Waals surface area (Å²) in [6, 6.07) is 7.02. The van der Waals surface area contributed by atoms with Gasteiger partial charge in [0.2, 0.25) is 5.91 Å². The van der Waals surface area contributed by atoms with Gasteiger partial charge in [-0.05, 0) is 43.0 Å². The summed E-state index contributed by atoms with van der Waals surface area (Å²) in [4.78, 5) is 25.4. The van der Waals surface area contributed by atoms with Crippen LogP contribution in [0, 0.1) is 5.82 Å². The average molecular weight is 340 g/mol. The maximum absolute atomic E-state index is 13.9. The Hall–Kier alpha value is -2.50. The van der Waals surface area contributed by atoms with Gasteiger partial charge in [0.1, 0.15) is 0 Å². The van der Waals surface area contributed by atoms with Crippen LogP contribution in [0.15, 0.2) is 36.7 Å². The molecule has 6 heteroatoms. The van der Waals surface area contributed by atoms with Crippen molar-refractivity contribution in [1.29, 1.82) is 0 Å². The number of carbonyl (C=O) groups excluding carboxylic acids is 1. The summed E-state index contributed by atoms with van der Waals surface area (Å²) in [5.74, 6) is 0.0795. The fourth-order valence-corrected chi connectivity index (χ4v) is 3.82. The molecule has 130 valence electrons. The highest BCUT2D eigenvalue weighted by atomic mass is 19.1. The van der Waals surface area contributed by atoms with E-state index in [1.807, 2.05) is 15.9 Å². The number of rotatable bonds is 2. The van der Waals surface area contributed by atoms with E-state index in [1.165, 1.54) is 11.6 Å². The van der Waals surface area contributed by atoms with Gasteiger partial charge >= 0.3 is 0 Å². The van der Waals surface area contributed by atoms with Gasteiger partial charge in [-0.15, -0.1) is 0 Å². The summed E-state index contributed by atoms with van der Waals surface area (Å²) in [7, 11) is 0. The topological polar surface area (TPSA) is 49.3 Å². The molecular formula is C19H21FN4O.